The highest BCUT2D eigenvalue weighted by molar-refractivity contribution is 5.68. The van der Waals surface area contributed by atoms with Gasteiger partial charge in [-0.15, -0.1) is 0 Å². The molecule has 1 aliphatic rings. The number of esters is 1. The summed E-state index contributed by atoms with van der Waals surface area (Å²) in [6.45, 7) is 6.18. The van der Waals surface area contributed by atoms with Crippen molar-refractivity contribution in [3.8, 4) is 0 Å². The van der Waals surface area contributed by atoms with Gasteiger partial charge in [-0.25, -0.2) is 0 Å². The van der Waals surface area contributed by atoms with Crippen LogP contribution in [0.2, 0.25) is 0 Å². The van der Waals surface area contributed by atoms with E-state index in [4.69, 9.17) is 4.74 Å². The lowest BCUT2D eigenvalue weighted by Crippen LogP contribution is -2.44. The number of nitrogens with zero attached hydrogens (tertiary/aromatic N) is 1. The van der Waals surface area contributed by atoms with E-state index in [-0.39, 0.29) is 5.97 Å². The first-order chi connectivity index (χ1) is 5.83. The summed E-state index contributed by atoms with van der Waals surface area (Å²) >= 11 is 0. The number of hydrogen-bond acceptors (Lipinski definition) is 4. The van der Waals surface area contributed by atoms with Crippen LogP contribution in [0.5, 0.6) is 0 Å². The molecule has 4 heteroatoms. The Morgan fingerprint density at radius 2 is 2.17 bits per heavy atom. The van der Waals surface area contributed by atoms with Crippen LogP contribution in [-0.2, 0) is 9.53 Å². The van der Waals surface area contributed by atoms with Gasteiger partial charge < -0.3 is 10.1 Å². The fourth-order valence-corrected chi connectivity index (χ4v) is 1.11. The van der Waals surface area contributed by atoms with Gasteiger partial charge in [-0.3, -0.25) is 9.69 Å². The van der Waals surface area contributed by atoms with Gasteiger partial charge in [0.25, 0.3) is 0 Å². The van der Waals surface area contributed by atoms with E-state index in [0.717, 1.165) is 26.2 Å². The van der Waals surface area contributed by atoms with Gasteiger partial charge in [0.05, 0.1) is 0 Å². The van der Waals surface area contributed by atoms with Crippen molar-refractivity contribution in [3.63, 3.8) is 0 Å². The van der Waals surface area contributed by atoms with Gasteiger partial charge in [0.1, 0.15) is 6.73 Å². The highest BCUT2D eigenvalue weighted by atomic mass is 16.5. The number of nitrogens with one attached hydrogen (secondary N) is 1. The Bertz CT molecular complexity index is 144. The van der Waals surface area contributed by atoms with Crippen molar-refractivity contribution in [2.24, 2.45) is 0 Å². The van der Waals surface area contributed by atoms with Crippen molar-refractivity contribution in [1.29, 1.82) is 0 Å². The van der Waals surface area contributed by atoms with Crippen molar-refractivity contribution in [3.05, 3.63) is 0 Å². The molecule has 0 unspecified atom stereocenters. The van der Waals surface area contributed by atoms with Crippen molar-refractivity contribution >= 4 is 5.97 Å². The van der Waals surface area contributed by atoms with E-state index in [0.29, 0.717) is 13.2 Å². The molecule has 0 aromatic rings. The molecule has 0 amide bonds. The number of ether oxygens (including phenoxy) is 1. The Morgan fingerprint density at radius 3 is 2.75 bits per heavy atom. The fraction of sp³-hybridized carbons (Fsp3) is 0.875. The van der Waals surface area contributed by atoms with Gasteiger partial charge in [-0.1, -0.05) is 6.92 Å². The maximum atomic E-state index is 10.8. The molecular formula is C8H16N2O2. The van der Waals surface area contributed by atoms with Crippen molar-refractivity contribution < 1.29 is 9.53 Å². The van der Waals surface area contributed by atoms with E-state index in [1.54, 1.807) is 6.92 Å². The second-order valence-corrected chi connectivity index (χ2v) is 2.87. The first-order valence-electron chi connectivity index (χ1n) is 4.41. The first kappa shape index (κ1) is 9.48. The zero-order valence-electron chi connectivity index (χ0n) is 7.51. The quantitative estimate of drug-likeness (QED) is 0.599. The summed E-state index contributed by atoms with van der Waals surface area (Å²) in [6, 6.07) is 0. The molecule has 0 spiro atoms. The van der Waals surface area contributed by atoms with Gasteiger partial charge in [-0.05, 0) is 0 Å². The molecule has 1 heterocycles. The highest BCUT2D eigenvalue weighted by Gasteiger charge is 2.10. The molecule has 0 bridgehead atoms. The number of hydrogen-bond donors (Lipinski definition) is 1. The Morgan fingerprint density at radius 1 is 1.50 bits per heavy atom. The number of piperazine rings is 1. The minimum atomic E-state index is -0.117. The number of carbonyl (C=O) groups excluding carboxylic acids is 1. The van der Waals surface area contributed by atoms with Crippen LogP contribution in [0.15, 0.2) is 0 Å². The average Bonchev–Trinajstić information content (AvgIpc) is 2.16. The lowest BCUT2D eigenvalue weighted by atomic mass is 10.4. The molecule has 0 aromatic heterocycles. The average molecular weight is 172 g/mol. The molecule has 1 rings (SSSR count). The summed E-state index contributed by atoms with van der Waals surface area (Å²) in [6.07, 6.45) is 0.464. The molecule has 12 heavy (non-hydrogen) atoms. The maximum absolute atomic E-state index is 10.8. The molecule has 0 aliphatic carbocycles. The summed E-state index contributed by atoms with van der Waals surface area (Å²) < 4.78 is 4.99. The van der Waals surface area contributed by atoms with Crippen LogP contribution < -0.4 is 5.32 Å². The van der Waals surface area contributed by atoms with Crippen molar-refractivity contribution in [2.45, 2.75) is 13.3 Å². The fourth-order valence-electron chi connectivity index (χ4n) is 1.11. The SMILES string of the molecule is CCC(=O)OCN1CCNCC1. The van der Waals surface area contributed by atoms with Gasteiger partial charge in [0, 0.05) is 32.6 Å². The molecule has 1 aliphatic heterocycles. The third-order valence-electron chi connectivity index (χ3n) is 1.91. The predicted molar refractivity (Wildman–Crippen MR) is 45.7 cm³/mol. The second kappa shape index (κ2) is 5.11. The zero-order valence-corrected chi connectivity index (χ0v) is 7.51. The van der Waals surface area contributed by atoms with Crippen molar-refractivity contribution in [2.75, 3.05) is 32.9 Å². The van der Waals surface area contributed by atoms with Gasteiger partial charge in [0.2, 0.25) is 0 Å². The molecular weight excluding hydrogens is 156 g/mol. The lowest BCUT2D eigenvalue weighted by molar-refractivity contribution is -0.148. The Hall–Kier alpha value is -0.610. The Kier molecular flexibility index (Phi) is 4.04. The largest absolute Gasteiger partial charge is 0.449 e. The zero-order chi connectivity index (χ0) is 8.81. The molecule has 4 nitrogen and oxygen atoms in total. The smallest absolute Gasteiger partial charge is 0.306 e. The molecule has 0 atom stereocenters. The third-order valence-corrected chi connectivity index (χ3v) is 1.91. The molecule has 0 saturated carbocycles. The van der Waals surface area contributed by atoms with E-state index in [1.807, 2.05) is 0 Å². The van der Waals surface area contributed by atoms with E-state index in [9.17, 15) is 4.79 Å². The summed E-state index contributed by atoms with van der Waals surface area (Å²) in [7, 11) is 0. The predicted octanol–water partition coefficient (Wildman–Crippen LogP) is -0.198. The first-order valence-corrected chi connectivity index (χ1v) is 4.41. The van der Waals surface area contributed by atoms with Gasteiger partial charge >= 0.3 is 5.97 Å². The number of carbonyl (C=O) groups is 1. The Balaban J connectivity index is 2.09. The molecule has 1 saturated heterocycles. The van der Waals surface area contributed by atoms with Crippen LogP contribution in [0.25, 0.3) is 0 Å². The molecule has 1 fully saturated rings. The van der Waals surface area contributed by atoms with E-state index in [1.165, 1.54) is 0 Å². The molecule has 70 valence electrons. The van der Waals surface area contributed by atoms with Gasteiger partial charge in [0.15, 0.2) is 0 Å². The van der Waals surface area contributed by atoms with Crippen LogP contribution >= 0.6 is 0 Å². The van der Waals surface area contributed by atoms with E-state index < -0.39 is 0 Å². The van der Waals surface area contributed by atoms with Crippen molar-refractivity contribution in [1.82, 2.24) is 10.2 Å². The summed E-state index contributed by atoms with van der Waals surface area (Å²) in [4.78, 5) is 12.9. The summed E-state index contributed by atoms with van der Waals surface area (Å²) in [5, 5.41) is 3.23. The normalized spacial score (nSPS) is 19.1. The summed E-state index contributed by atoms with van der Waals surface area (Å²) in [5.74, 6) is -0.117. The maximum Gasteiger partial charge on any atom is 0.306 e. The molecule has 1 N–H and O–H groups in total. The minimum Gasteiger partial charge on any atom is -0.449 e. The standard InChI is InChI=1S/C8H16N2O2/c1-2-8(11)12-7-10-5-3-9-4-6-10/h9H,2-7H2,1H3. The topological polar surface area (TPSA) is 41.6 Å². The van der Waals surface area contributed by atoms with Crippen LogP contribution in [0.4, 0.5) is 0 Å². The van der Waals surface area contributed by atoms with Crippen LogP contribution in [0, 0.1) is 0 Å². The van der Waals surface area contributed by atoms with Crippen LogP contribution in [0.3, 0.4) is 0 Å². The Labute approximate surface area is 72.9 Å². The lowest BCUT2D eigenvalue weighted by Gasteiger charge is -2.26. The van der Waals surface area contributed by atoms with E-state index >= 15 is 0 Å². The van der Waals surface area contributed by atoms with Crippen LogP contribution in [-0.4, -0.2) is 43.8 Å². The monoisotopic (exact) mass is 172 g/mol. The van der Waals surface area contributed by atoms with Crippen LogP contribution in [0.1, 0.15) is 13.3 Å². The van der Waals surface area contributed by atoms with Gasteiger partial charge in [-0.2, -0.15) is 0 Å². The molecule has 0 aromatic carbocycles. The molecule has 0 radical (unpaired) electrons. The summed E-state index contributed by atoms with van der Waals surface area (Å²) in [5.41, 5.74) is 0. The minimum absolute atomic E-state index is 0.117. The number of rotatable bonds is 3. The third kappa shape index (κ3) is 3.19. The van der Waals surface area contributed by atoms with E-state index in [2.05, 4.69) is 10.2 Å². The second-order valence-electron chi connectivity index (χ2n) is 2.87. The highest BCUT2D eigenvalue weighted by Crippen LogP contribution is 1.93.